The van der Waals surface area contributed by atoms with E-state index in [1.54, 1.807) is 11.0 Å². The molecule has 0 saturated carbocycles. The topological polar surface area (TPSA) is 103 Å². The van der Waals surface area contributed by atoms with Crippen LogP contribution in [0.15, 0.2) is 42.0 Å². The Morgan fingerprint density at radius 2 is 1.91 bits per heavy atom. The first-order valence-corrected chi connectivity index (χ1v) is 15.7. The predicted octanol–water partition coefficient (Wildman–Crippen LogP) is 7.16. The van der Waals surface area contributed by atoms with E-state index < -0.39 is 12.3 Å². The molecule has 2 atom stereocenters. The highest BCUT2D eigenvalue weighted by atomic mass is 32.1. The van der Waals surface area contributed by atoms with Crippen molar-refractivity contribution in [3.63, 3.8) is 0 Å². The van der Waals surface area contributed by atoms with Gasteiger partial charge < -0.3 is 14.8 Å². The average Bonchev–Trinajstić information content (AvgIpc) is 3.68. The molecule has 8 nitrogen and oxygen atoms in total. The second-order valence-electron chi connectivity index (χ2n) is 13.7. The molecule has 1 saturated heterocycles. The summed E-state index contributed by atoms with van der Waals surface area (Å²) in [7, 11) is 0. The van der Waals surface area contributed by atoms with Crippen molar-refractivity contribution in [2.24, 2.45) is 16.7 Å². The summed E-state index contributed by atoms with van der Waals surface area (Å²) in [4.78, 5) is 32.7. The minimum Gasteiger partial charge on any atom is -0.338 e. The standard InChI is InChI=1S/C33H42F2N6O2S/c1-20(33(5,6)7)37-17-21-8-9-25-24(14-21)38-31(39-29(42)27-11-10-26(44-27)28(34)35)41(25)19-22-12-13-40(18-22)30(43)23(16-36)15-32(2,3)4/h8-11,14-15,20,22,28,37H,12-13,17-19H2,1-7H3,(H,38,39,42)/b23-15+/t20-,22?/m0/s1. The van der Waals surface area contributed by atoms with Gasteiger partial charge in [0.25, 0.3) is 18.2 Å². The Bertz CT molecular complexity index is 1590. The lowest BCUT2D eigenvalue weighted by Gasteiger charge is -2.28. The number of benzene rings is 1. The van der Waals surface area contributed by atoms with Gasteiger partial charge in [0.05, 0.1) is 20.8 Å². The van der Waals surface area contributed by atoms with Crippen molar-refractivity contribution in [1.82, 2.24) is 19.8 Å². The minimum atomic E-state index is -2.65. The van der Waals surface area contributed by atoms with Crippen molar-refractivity contribution in [1.29, 1.82) is 5.26 Å². The number of aromatic nitrogens is 2. The maximum atomic E-state index is 13.2. The van der Waals surface area contributed by atoms with Crippen LogP contribution in [0.3, 0.4) is 0 Å². The number of imidazole rings is 1. The van der Waals surface area contributed by atoms with Gasteiger partial charge in [-0.2, -0.15) is 5.26 Å². The molecule has 1 aromatic carbocycles. The van der Waals surface area contributed by atoms with Crippen molar-refractivity contribution in [2.45, 2.75) is 80.4 Å². The first-order chi connectivity index (χ1) is 20.6. The molecule has 0 radical (unpaired) electrons. The Balaban J connectivity index is 1.60. The maximum Gasteiger partial charge on any atom is 0.272 e. The smallest absolute Gasteiger partial charge is 0.272 e. The van der Waals surface area contributed by atoms with Crippen molar-refractivity contribution in [2.75, 3.05) is 18.4 Å². The molecule has 1 unspecified atom stereocenters. The Morgan fingerprint density at radius 1 is 1.18 bits per heavy atom. The van der Waals surface area contributed by atoms with E-state index in [0.29, 0.717) is 37.6 Å². The lowest BCUT2D eigenvalue weighted by molar-refractivity contribution is -0.125. The normalized spacial score (nSPS) is 16.9. The number of thiophene rings is 1. The SMILES string of the molecule is C[C@H](NCc1ccc2c(c1)nc(NC(=O)c1ccc(C(F)F)s1)n2CC1CCN(C(=O)/C(C#N)=C/C(C)(C)C)C1)C(C)(C)C. The summed E-state index contributed by atoms with van der Waals surface area (Å²) in [5.74, 6) is -0.403. The van der Waals surface area contributed by atoms with Gasteiger partial charge in [-0.05, 0) is 59.9 Å². The van der Waals surface area contributed by atoms with Crippen LogP contribution in [0.25, 0.3) is 11.0 Å². The number of carbonyl (C=O) groups excluding carboxylic acids is 2. The van der Waals surface area contributed by atoms with Crippen LogP contribution in [0, 0.1) is 28.1 Å². The number of nitriles is 1. The third-order valence-corrected chi connectivity index (χ3v) is 9.05. The number of anilines is 1. The van der Waals surface area contributed by atoms with Crippen LogP contribution in [-0.4, -0.2) is 45.4 Å². The maximum absolute atomic E-state index is 13.2. The Morgan fingerprint density at radius 3 is 2.52 bits per heavy atom. The third kappa shape index (κ3) is 8.10. The lowest BCUT2D eigenvalue weighted by Crippen LogP contribution is -2.37. The fourth-order valence-electron chi connectivity index (χ4n) is 5.07. The summed E-state index contributed by atoms with van der Waals surface area (Å²) in [6.45, 7) is 16.7. The quantitative estimate of drug-likeness (QED) is 0.194. The van der Waals surface area contributed by atoms with Gasteiger partial charge in [0.1, 0.15) is 11.6 Å². The summed E-state index contributed by atoms with van der Waals surface area (Å²) in [6, 6.07) is 11.0. The summed E-state index contributed by atoms with van der Waals surface area (Å²) in [5.41, 5.74) is 2.50. The van der Waals surface area contributed by atoms with Gasteiger partial charge in [0, 0.05) is 32.2 Å². The van der Waals surface area contributed by atoms with Crippen LogP contribution in [0.1, 0.15) is 81.4 Å². The molecule has 4 rings (SSSR count). The Hall–Kier alpha value is -3.62. The number of rotatable bonds is 9. The third-order valence-electron chi connectivity index (χ3n) is 7.96. The lowest BCUT2D eigenvalue weighted by atomic mass is 9.88. The molecule has 3 heterocycles. The predicted molar refractivity (Wildman–Crippen MR) is 171 cm³/mol. The van der Waals surface area contributed by atoms with Gasteiger partial charge in [-0.15, -0.1) is 11.3 Å². The molecule has 11 heteroatoms. The number of alkyl halides is 2. The number of likely N-dealkylation sites (tertiary alicyclic amines) is 1. The van der Waals surface area contributed by atoms with Crippen molar-refractivity contribution in [3.05, 3.63) is 57.3 Å². The molecule has 1 aliphatic rings. The van der Waals surface area contributed by atoms with Crippen molar-refractivity contribution >= 4 is 40.1 Å². The van der Waals surface area contributed by atoms with E-state index in [-0.39, 0.29) is 44.0 Å². The molecule has 0 bridgehead atoms. The number of amides is 2. The highest BCUT2D eigenvalue weighted by Gasteiger charge is 2.30. The minimum absolute atomic E-state index is 0.0581. The van der Waals surface area contributed by atoms with Gasteiger partial charge in [0.2, 0.25) is 5.95 Å². The molecule has 2 N–H and O–H groups in total. The largest absolute Gasteiger partial charge is 0.338 e. The Kier molecular flexibility index (Phi) is 9.96. The second-order valence-corrected chi connectivity index (χ2v) is 14.9. The molecule has 1 aliphatic heterocycles. The zero-order valence-electron chi connectivity index (χ0n) is 26.5. The van der Waals surface area contributed by atoms with Crippen LogP contribution in [-0.2, 0) is 17.9 Å². The number of carbonyl (C=O) groups is 2. The van der Waals surface area contributed by atoms with Gasteiger partial charge >= 0.3 is 0 Å². The first-order valence-electron chi connectivity index (χ1n) is 14.9. The number of halogens is 2. The number of nitrogens with one attached hydrogen (secondary N) is 2. The molecule has 44 heavy (non-hydrogen) atoms. The number of allylic oxidation sites excluding steroid dienone is 1. The van der Waals surface area contributed by atoms with E-state index in [4.69, 9.17) is 4.98 Å². The molecule has 2 amide bonds. The van der Waals surface area contributed by atoms with Crippen LogP contribution in [0.4, 0.5) is 14.7 Å². The van der Waals surface area contributed by atoms with Gasteiger partial charge in [-0.1, -0.05) is 53.7 Å². The fraction of sp³-hybridized carbons (Fsp3) is 0.515. The first kappa shape index (κ1) is 33.3. The van der Waals surface area contributed by atoms with Gasteiger partial charge in [-0.3, -0.25) is 14.9 Å². The van der Waals surface area contributed by atoms with E-state index in [0.717, 1.165) is 28.8 Å². The number of fused-ring (bicyclic) bond motifs is 1. The summed E-state index contributed by atoms with van der Waals surface area (Å²) in [5, 5.41) is 16.0. The molecule has 3 aromatic rings. The van der Waals surface area contributed by atoms with Crippen LogP contribution in [0.5, 0.6) is 0 Å². The molecule has 1 fully saturated rings. The van der Waals surface area contributed by atoms with Crippen molar-refractivity contribution < 1.29 is 18.4 Å². The van der Waals surface area contributed by atoms with E-state index in [1.165, 1.54) is 12.1 Å². The zero-order valence-corrected chi connectivity index (χ0v) is 27.3. The number of hydrogen-bond donors (Lipinski definition) is 2. The van der Waals surface area contributed by atoms with E-state index in [2.05, 4.69) is 44.4 Å². The number of hydrogen-bond acceptors (Lipinski definition) is 6. The van der Waals surface area contributed by atoms with E-state index in [1.807, 2.05) is 43.5 Å². The molecular formula is C33H42F2N6O2S. The highest BCUT2D eigenvalue weighted by Crippen LogP contribution is 2.30. The van der Waals surface area contributed by atoms with Gasteiger partial charge in [0.15, 0.2) is 0 Å². The zero-order chi connectivity index (χ0) is 32.4. The number of nitrogens with zero attached hydrogens (tertiary/aromatic N) is 4. The van der Waals surface area contributed by atoms with E-state index >= 15 is 0 Å². The van der Waals surface area contributed by atoms with Gasteiger partial charge in [-0.25, -0.2) is 13.8 Å². The molecular weight excluding hydrogens is 582 g/mol. The average molecular weight is 625 g/mol. The second kappa shape index (κ2) is 13.2. The van der Waals surface area contributed by atoms with Crippen molar-refractivity contribution in [3.8, 4) is 6.07 Å². The molecule has 2 aromatic heterocycles. The Labute approximate surface area is 262 Å². The van der Waals surface area contributed by atoms with Crippen LogP contribution < -0.4 is 10.6 Å². The summed E-state index contributed by atoms with van der Waals surface area (Å²) in [6.07, 6.45) is -0.215. The highest BCUT2D eigenvalue weighted by molar-refractivity contribution is 7.14. The summed E-state index contributed by atoms with van der Waals surface area (Å²) < 4.78 is 28.3. The fourth-order valence-corrected chi connectivity index (χ4v) is 5.83. The molecule has 0 aliphatic carbocycles. The molecule has 0 spiro atoms. The molecule has 236 valence electrons. The van der Waals surface area contributed by atoms with Crippen LogP contribution >= 0.6 is 11.3 Å². The monoisotopic (exact) mass is 624 g/mol. The van der Waals surface area contributed by atoms with Crippen LogP contribution in [0.2, 0.25) is 0 Å². The van der Waals surface area contributed by atoms with E-state index in [9.17, 15) is 23.6 Å². The summed E-state index contributed by atoms with van der Waals surface area (Å²) >= 11 is 0.756.